The average molecular weight is 214 g/mol. The van der Waals surface area contributed by atoms with Crippen LogP contribution in [0.15, 0.2) is 11.0 Å². The summed E-state index contributed by atoms with van der Waals surface area (Å²) in [5.74, 6) is 0. The maximum Gasteiger partial charge on any atom is 0.345 e. The van der Waals surface area contributed by atoms with Crippen LogP contribution in [0.1, 0.15) is 30.1 Å². The van der Waals surface area contributed by atoms with E-state index in [9.17, 15) is 4.79 Å². The molecule has 2 aliphatic rings. The number of fused-ring (bicyclic) bond motifs is 4. The van der Waals surface area contributed by atoms with Gasteiger partial charge in [-0.15, -0.1) is 12.4 Å². The number of nitrogens with one attached hydrogen (secondary N) is 2. The van der Waals surface area contributed by atoms with Crippen LogP contribution in [-0.4, -0.2) is 16.0 Å². The van der Waals surface area contributed by atoms with Gasteiger partial charge in [0.2, 0.25) is 0 Å². The Balaban J connectivity index is 0.000000750. The van der Waals surface area contributed by atoms with Gasteiger partial charge < -0.3 is 10.3 Å². The lowest BCUT2D eigenvalue weighted by Crippen LogP contribution is -2.34. The van der Waals surface area contributed by atoms with Crippen LogP contribution in [0.5, 0.6) is 0 Å². The summed E-state index contributed by atoms with van der Waals surface area (Å²) in [4.78, 5) is 17.6. The number of aromatic nitrogens is 2. The molecule has 0 aliphatic carbocycles. The number of aromatic amines is 1. The van der Waals surface area contributed by atoms with Crippen molar-refractivity contribution in [3.63, 3.8) is 0 Å². The number of halogens is 1. The van der Waals surface area contributed by atoms with Gasteiger partial charge in [-0.3, -0.25) is 0 Å². The lowest BCUT2D eigenvalue weighted by molar-refractivity contribution is 0.502. The number of nitrogens with zero attached hydrogens (tertiary/aromatic N) is 1. The fourth-order valence-corrected chi connectivity index (χ4v) is 2.38. The zero-order valence-electron chi connectivity index (χ0n) is 7.62. The fraction of sp³-hybridized carbons (Fsp3) is 0.556. The predicted octanol–water partition coefficient (Wildman–Crippen LogP) is 0.541. The summed E-state index contributed by atoms with van der Waals surface area (Å²) >= 11 is 0. The van der Waals surface area contributed by atoms with Gasteiger partial charge in [-0.2, -0.15) is 0 Å². The summed E-state index contributed by atoms with van der Waals surface area (Å²) < 4.78 is 0. The van der Waals surface area contributed by atoms with Crippen molar-refractivity contribution in [3.8, 4) is 0 Å². The third kappa shape index (κ3) is 1.35. The van der Waals surface area contributed by atoms with Crippen molar-refractivity contribution in [2.45, 2.75) is 31.3 Å². The predicted molar refractivity (Wildman–Crippen MR) is 54.7 cm³/mol. The standard InChI is InChI=1S/C9H11N3O.ClH/c13-9-10-4-6-7-2-1-5(11-7)3-8(6)12-9;/h4-5,7,11H,1-3H2,(H,10,12,13);1H. The van der Waals surface area contributed by atoms with Crippen molar-refractivity contribution in [2.75, 3.05) is 0 Å². The van der Waals surface area contributed by atoms with E-state index in [-0.39, 0.29) is 18.1 Å². The van der Waals surface area contributed by atoms with E-state index >= 15 is 0 Å². The van der Waals surface area contributed by atoms with Crippen molar-refractivity contribution < 1.29 is 0 Å². The summed E-state index contributed by atoms with van der Waals surface area (Å²) in [5, 5.41) is 3.50. The molecule has 2 atom stereocenters. The maximum atomic E-state index is 11.0. The first-order valence-corrected chi connectivity index (χ1v) is 4.67. The maximum absolute atomic E-state index is 11.0. The van der Waals surface area contributed by atoms with Crippen LogP contribution >= 0.6 is 12.4 Å². The molecule has 14 heavy (non-hydrogen) atoms. The zero-order chi connectivity index (χ0) is 8.84. The van der Waals surface area contributed by atoms with E-state index in [1.807, 2.05) is 0 Å². The Hall–Kier alpha value is -0.870. The highest BCUT2D eigenvalue weighted by molar-refractivity contribution is 5.85. The first kappa shape index (κ1) is 9.68. The summed E-state index contributed by atoms with van der Waals surface area (Å²) in [5.41, 5.74) is 2.06. The Morgan fingerprint density at radius 3 is 3.14 bits per heavy atom. The fourth-order valence-electron chi connectivity index (χ4n) is 2.38. The highest BCUT2D eigenvalue weighted by Crippen LogP contribution is 2.33. The molecule has 1 aromatic heterocycles. The Bertz CT molecular complexity index is 403. The molecule has 0 radical (unpaired) electrons. The third-order valence-corrected chi connectivity index (χ3v) is 2.99. The van der Waals surface area contributed by atoms with Crippen molar-refractivity contribution in [1.29, 1.82) is 0 Å². The van der Waals surface area contributed by atoms with Gasteiger partial charge in [-0.1, -0.05) is 0 Å². The molecule has 0 aromatic carbocycles. The topological polar surface area (TPSA) is 57.8 Å². The highest BCUT2D eigenvalue weighted by Gasteiger charge is 2.32. The highest BCUT2D eigenvalue weighted by atomic mass is 35.5. The van der Waals surface area contributed by atoms with Crippen LogP contribution in [0.3, 0.4) is 0 Å². The molecule has 1 aromatic rings. The number of rotatable bonds is 0. The molecule has 76 valence electrons. The molecule has 2 bridgehead atoms. The normalized spacial score (nSPS) is 28.0. The molecule has 0 spiro atoms. The summed E-state index contributed by atoms with van der Waals surface area (Å²) in [6.07, 6.45) is 5.05. The van der Waals surface area contributed by atoms with Gasteiger partial charge in [0.25, 0.3) is 0 Å². The minimum absolute atomic E-state index is 0. The molecular weight excluding hydrogens is 202 g/mol. The van der Waals surface area contributed by atoms with Gasteiger partial charge in [0.05, 0.1) is 0 Å². The van der Waals surface area contributed by atoms with Gasteiger partial charge in [0, 0.05) is 36.0 Å². The zero-order valence-corrected chi connectivity index (χ0v) is 8.43. The van der Waals surface area contributed by atoms with Gasteiger partial charge in [0.1, 0.15) is 0 Å². The Labute approximate surface area is 87.5 Å². The molecule has 0 amide bonds. The Kier molecular flexibility index (Phi) is 2.33. The average Bonchev–Trinajstić information content (AvgIpc) is 2.48. The van der Waals surface area contributed by atoms with Crippen molar-refractivity contribution >= 4 is 12.4 Å². The summed E-state index contributed by atoms with van der Waals surface area (Å²) in [6.45, 7) is 0. The first-order chi connectivity index (χ1) is 6.33. The second-order valence-electron chi connectivity index (χ2n) is 3.82. The van der Waals surface area contributed by atoms with Gasteiger partial charge >= 0.3 is 5.69 Å². The van der Waals surface area contributed by atoms with Crippen LogP contribution in [-0.2, 0) is 6.42 Å². The number of H-pyrrole nitrogens is 1. The molecule has 3 heterocycles. The van der Waals surface area contributed by atoms with Crippen LogP contribution in [0.2, 0.25) is 0 Å². The van der Waals surface area contributed by atoms with E-state index in [1.165, 1.54) is 18.4 Å². The first-order valence-electron chi connectivity index (χ1n) is 4.67. The van der Waals surface area contributed by atoms with E-state index < -0.39 is 0 Å². The molecule has 2 aliphatic heterocycles. The molecule has 0 saturated carbocycles. The molecule has 1 fully saturated rings. The largest absolute Gasteiger partial charge is 0.345 e. The van der Waals surface area contributed by atoms with E-state index in [2.05, 4.69) is 15.3 Å². The van der Waals surface area contributed by atoms with Crippen LogP contribution in [0, 0.1) is 0 Å². The molecule has 1 saturated heterocycles. The lowest BCUT2D eigenvalue weighted by Gasteiger charge is -2.23. The Morgan fingerprint density at radius 2 is 2.29 bits per heavy atom. The van der Waals surface area contributed by atoms with E-state index in [0.717, 1.165) is 12.1 Å². The molecule has 2 N–H and O–H groups in total. The summed E-state index contributed by atoms with van der Waals surface area (Å²) in [6, 6.07) is 0.994. The van der Waals surface area contributed by atoms with Gasteiger partial charge in [-0.25, -0.2) is 9.78 Å². The SMILES string of the molecule is Cl.O=c1ncc2c([nH]1)CC1CCC2N1. The van der Waals surface area contributed by atoms with Crippen molar-refractivity contribution in [2.24, 2.45) is 0 Å². The van der Waals surface area contributed by atoms with Crippen LogP contribution in [0.4, 0.5) is 0 Å². The monoisotopic (exact) mass is 213 g/mol. The summed E-state index contributed by atoms with van der Waals surface area (Å²) in [7, 11) is 0. The molecule has 3 rings (SSSR count). The minimum Gasteiger partial charge on any atom is -0.309 e. The second-order valence-corrected chi connectivity index (χ2v) is 3.82. The Morgan fingerprint density at radius 1 is 1.43 bits per heavy atom. The number of hydrogen-bond acceptors (Lipinski definition) is 3. The van der Waals surface area contributed by atoms with Crippen molar-refractivity contribution in [1.82, 2.24) is 15.3 Å². The van der Waals surface area contributed by atoms with E-state index in [4.69, 9.17) is 0 Å². The van der Waals surface area contributed by atoms with E-state index in [1.54, 1.807) is 6.20 Å². The van der Waals surface area contributed by atoms with Crippen molar-refractivity contribution in [3.05, 3.63) is 27.9 Å². The second kappa shape index (κ2) is 3.37. The smallest absolute Gasteiger partial charge is 0.309 e. The molecule has 4 nitrogen and oxygen atoms in total. The molecular formula is C9H12ClN3O. The number of hydrogen-bond donors (Lipinski definition) is 2. The third-order valence-electron chi connectivity index (χ3n) is 2.99. The molecule has 5 heteroatoms. The van der Waals surface area contributed by atoms with Gasteiger partial charge in [-0.05, 0) is 12.8 Å². The van der Waals surface area contributed by atoms with E-state index in [0.29, 0.717) is 12.1 Å². The lowest BCUT2D eigenvalue weighted by atomic mass is 10.0. The van der Waals surface area contributed by atoms with Gasteiger partial charge in [0.15, 0.2) is 0 Å². The van der Waals surface area contributed by atoms with Crippen LogP contribution in [0.25, 0.3) is 0 Å². The minimum atomic E-state index is -0.222. The van der Waals surface area contributed by atoms with Crippen LogP contribution < -0.4 is 11.0 Å². The molecule has 2 unspecified atom stereocenters. The quantitative estimate of drug-likeness (QED) is 0.662.